The first-order valence-corrected chi connectivity index (χ1v) is 6.02. The second-order valence-electron chi connectivity index (χ2n) is 4.09. The van der Waals surface area contributed by atoms with Crippen LogP contribution < -0.4 is 15.8 Å². The summed E-state index contributed by atoms with van der Waals surface area (Å²) in [5, 5.41) is 2.99. The van der Waals surface area contributed by atoms with Gasteiger partial charge in [0.1, 0.15) is 0 Å². The van der Waals surface area contributed by atoms with E-state index in [1.807, 2.05) is 19.9 Å². The first kappa shape index (κ1) is 13.1. The standard InChI is InChI=1S/C14H16FN3O/c1-3-19-12-5-4-10(8-11(12)15)18-14-13(16)9(2)6-7-17-14/h4-8H,3,16H2,1-2H3,(H,17,18). The molecule has 0 amide bonds. The fraction of sp³-hybridized carbons (Fsp3) is 0.214. The van der Waals surface area contributed by atoms with Crippen molar-refractivity contribution in [3.63, 3.8) is 0 Å². The minimum Gasteiger partial charge on any atom is -0.491 e. The van der Waals surface area contributed by atoms with E-state index in [1.165, 1.54) is 6.07 Å². The molecule has 0 spiro atoms. The monoisotopic (exact) mass is 261 g/mol. The maximum Gasteiger partial charge on any atom is 0.167 e. The summed E-state index contributed by atoms with van der Waals surface area (Å²) >= 11 is 0. The van der Waals surface area contributed by atoms with Crippen LogP contribution in [0.3, 0.4) is 0 Å². The largest absolute Gasteiger partial charge is 0.491 e. The molecule has 0 aliphatic carbocycles. The van der Waals surface area contributed by atoms with Crippen molar-refractivity contribution in [2.75, 3.05) is 17.7 Å². The number of ether oxygens (including phenoxy) is 1. The quantitative estimate of drug-likeness (QED) is 0.886. The fourth-order valence-electron chi connectivity index (χ4n) is 1.66. The van der Waals surface area contributed by atoms with Crippen LogP contribution in [-0.4, -0.2) is 11.6 Å². The van der Waals surface area contributed by atoms with E-state index in [4.69, 9.17) is 10.5 Å². The van der Waals surface area contributed by atoms with Crippen LogP contribution >= 0.6 is 0 Å². The van der Waals surface area contributed by atoms with Crippen molar-refractivity contribution >= 4 is 17.2 Å². The summed E-state index contributed by atoms with van der Waals surface area (Å²) in [6.07, 6.45) is 1.65. The highest BCUT2D eigenvalue weighted by atomic mass is 19.1. The van der Waals surface area contributed by atoms with Crippen molar-refractivity contribution in [3.8, 4) is 5.75 Å². The lowest BCUT2D eigenvalue weighted by Crippen LogP contribution is -2.01. The third kappa shape index (κ3) is 2.93. The molecule has 3 N–H and O–H groups in total. The number of pyridine rings is 1. The molecular weight excluding hydrogens is 245 g/mol. The average Bonchev–Trinajstić information content (AvgIpc) is 2.38. The molecule has 2 rings (SSSR count). The molecule has 0 aliphatic rings. The van der Waals surface area contributed by atoms with E-state index in [2.05, 4.69) is 10.3 Å². The van der Waals surface area contributed by atoms with E-state index in [-0.39, 0.29) is 5.75 Å². The Bertz CT molecular complexity index is 587. The summed E-state index contributed by atoms with van der Waals surface area (Å²) in [7, 11) is 0. The van der Waals surface area contributed by atoms with Crippen LogP contribution in [0.25, 0.3) is 0 Å². The zero-order valence-corrected chi connectivity index (χ0v) is 10.9. The number of aryl methyl sites for hydroxylation is 1. The molecule has 0 unspecified atom stereocenters. The van der Waals surface area contributed by atoms with Gasteiger partial charge in [0.2, 0.25) is 0 Å². The molecule has 0 atom stereocenters. The zero-order chi connectivity index (χ0) is 13.8. The average molecular weight is 261 g/mol. The molecule has 1 heterocycles. The van der Waals surface area contributed by atoms with Crippen LogP contribution in [0, 0.1) is 12.7 Å². The highest BCUT2D eigenvalue weighted by Crippen LogP contribution is 2.26. The molecule has 0 fully saturated rings. The lowest BCUT2D eigenvalue weighted by Gasteiger charge is -2.11. The van der Waals surface area contributed by atoms with E-state index in [0.29, 0.717) is 23.8 Å². The molecule has 0 saturated carbocycles. The predicted octanol–water partition coefficient (Wildman–Crippen LogP) is 3.25. The Labute approximate surface area is 111 Å². The van der Waals surface area contributed by atoms with Crippen LogP contribution in [-0.2, 0) is 0 Å². The first-order valence-electron chi connectivity index (χ1n) is 6.02. The molecule has 19 heavy (non-hydrogen) atoms. The highest BCUT2D eigenvalue weighted by molar-refractivity contribution is 5.71. The number of nitrogens with two attached hydrogens (primary N) is 1. The van der Waals surface area contributed by atoms with Gasteiger partial charge in [-0.15, -0.1) is 0 Å². The third-order valence-corrected chi connectivity index (χ3v) is 2.70. The highest BCUT2D eigenvalue weighted by Gasteiger charge is 2.07. The number of hydrogen-bond acceptors (Lipinski definition) is 4. The second kappa shape index (κ2) is 5.56. The van der Waals surface area contributed by atoms with Gasteiger partial charge in [-0.05, 0) is 37.6 Å². The van der Waals surface area contributed by atoms with Gasteiger partial charge in [0, 0.05) is 18.0 Å². The van der Waals surface area contributed by atoms with Gasteiger partial charge < -0.3 is 15.8 Å². The molecule has 1 aromatic carbocycles. The SMILES string of the molecule is CCOc1ccc(Nc2nccc(C)c2N)cc1F. The number of aromatic nitrogens is 1. The van der Waals surface area contributed by atoms with E-state index in [0.717, 1.165) is 5.56 Å². The van der Waals surface area contributed by atoms with Crippen molar-refractivity contribution < 1.29 is 9.13 Å². The molecule has 0 radical (unpaired) electrons. The number of hydrogen-bond donors (Lipinski definition) is 2. The minimum absolute atomic E-state index is 0.234. The molecule has 0 bridgehead atoms. The lowest BCUT2D eigenvalue weighted by atomic mass is 10.2. The summed E-state index contributed by atoms with van der Waals surface area (Å²) in [5.74, 6) is 0.333. The van der Waals surface area contributed by atoms with Gasteiger partial charge in [-0.2, -0.15) is 0 Å². The summed E-state index contributed by atoms with van der Waals surface area (Å²) in [5.41, 5.74) is 7.95. The zero-order valence-electron chi connectivity index (χ0n) is 10.9. The Balaban J connectivity index is 2.24. The van der Waals surface area contributed by atoms with Gasteiger partial charge >= 0.3 is 0 Å². The number of nitrogens with one attached hydrogen (secondary N) is 1. The molecule has 1 aromatic heterocycles. The van der Waals surface area contributed by atoms with Gasteiger partial charge in [0.25, 0.3) is 0 Å². The summed E-state index contributed by atoms with van der Waals surface area (Å²) in [6, 6.07) is 6.47. The summed E-state index contributed by atoms with van der Waals surface area (Å²) in [4.78, 5) is 4.13. The van der Waals surface area contributed by atoms with E-state index in [1.54, 1.807) is 18.3 Å². The Morgan fingerprint density at radius 2 is 2.16 bits per heavy atom. The molecule has 100 valence electrons. The van der Waals surface area contributed by atoms with Gasteiger partial charge in [-0.1, -0.05) is 0 Å². The number of rotatable bonds is 4. The number of anilines is 3. The van der Waals surface area contributed by atoms with E-state index >= 15 is 0 Å². The minimum atomic E-state index is -0.418. The van der Waals surface area contributed by atoms with Gasteiger partial charge in [-0.3, -0.25) is 0 Å². The van der Waals surface area contributed by atoms with Crippen LogP contribution in [0.5, 0.6) is 5.75 Å². The van der Waals surface area contributed by atoms with Crippen molar-refractivity contribution in [1.29, 1.82) is 0 Å². The number of nitrogen functional groups attached to an aromatic ring is 1. The first-order chi connectivity index (χ1) is 9.11. The lowest BCUT2D eigenvalue weighted by molar-refractivity contribution is 0.321. The summed E-state index contributed by atoms with van der Waals surface area (Å²) < 4.78 is 18.8. The molecular formula is C14H16FN3O. The van der Waals surface area contributed by atoms with E-state index in [9.17, 15) is 4.39 Å². The Morgan fingerprint density at radius 3 is 2.84 bits per heavy atom. The number of nitrogens with zero attached hydrogens (tertiary/aromatic N) is 1. The normalized spacial score (nSPS) is 10.3. The third-order valence-electron chi connectivity index (χ3n) is 2.70. The van der Waals surface area contributed by atoms with Gasteiger partial charge in [0.15, 0.2) is 17.4 Å². The smallest absolute Gasteiger partial charge is 0.167 e. The van der Waals surface area contributed by atoms with Crippen LogP contribution in [0.15, 0.2) is 30.5 Å². The predicted molar refractivity (Wildman–Crippen MR) is 74.2 cm³/mol. The van der Waals surface area contributed by atoms with Gasteiger partial charge in [0.05, 0.1) is 12.3 Å². The number of benzene rings is 1. The van der Waals surface area contributed by atoms with Crippen LogP contribution in [0.4, 0.5) is 21.6 Å². The topological polar surface area (TPSA) is 60.2 Å². The molecule has 2 aromatic rings. The van der Waals surface area contributed by atoms with Crippen molar-refractivity contribution in [2.45, 2.75) is 13.8 Å². The summed E-state index contributed by atoms with van der Waals surface area (Å²) in [6.45, 7) is 4.13. The molecule has 4 nitrogen and oxygen atoms in total. The number of halogens is 1. The van der Waals surface area contributed by atoms with Crippen LogP contribution in [0.1, 0.15) is 12.5 Å². The van der Waals surface area contributed by atoms with Crippen LogP contribution in [0.2, 0.25) is 0 Å². The molecule has 0 saturated heterocycles. The Kier molecular flexibility index (Phi) is 3.85. The van der Waals surface area contributed by atoms with Crippen molar-refractivity contribution in [2.24, 2.45) is 0 Å². The molecule has 5 heteroatoms. The van der Waals surface area contributed by atoms with Crippen molar-refractivity contribution in [1.82, 2.24) is 4.98 Å². The Morgan fingerprint density at radius 1 is 1.37 bits per heavy atom. The fourth-order valence-corrected chi connectivity index (χ4v) is 1.66. The maximum absolute atomic E-state index is 13.7. The maximum atomic E-state index is 13.7. The van der Waals surface area contributed by atoms with Crippen molar-refractivity contribution in [3.05, 3.63) is 41.8 Å². The second-order valence-corrected chi connectivity index (χ2v) is 4.09. The van der Waals surface area contributed by atoms with E-state index < -0.39 is 5.82 Å². The molecule has 0 aliphatic heterocycles. The van der Waals surface area contributed by atoms with Gasteiger partial charge in [-0.25, -0.2) is 9.37 Å². The Hall–Kier alpha value is -2.30.